The van der Waals surface area contributed by atoms with E-state index in [0.29, 0.717) is 11.4 Å². The maximum Gasteiger partial charge on any atom is 0.335 e. The second-order valence-corrected chi connectivity index (χ2v) is 8.58. The van der Waals surface area contributed by atoms with Crippen LogP contribution in [0.5, 0.6) is 0 Å². The van der Waals surface area contributed by atoms with E-state index in [1.165, 1.54) is 61.7 Å². The van der Waals surface area contributed by atoms with Crippen LogP contribution >= 0.6 is 0 Å². The largest absolute Gasteiger partial charge is 0.478 e. The average Bonchev–Trinajstić information content (AvgIpc) is 2.91. The van der Waals surface area contributed by atoms with Crippen molar-refractivity contribution in [1.82, 2.24) is 15.0 Å². The van der Waals surface area contributed by atoms with Crippen molar-refractivity contribution in [3.05, 3.63) is 89.6 Å². The number of hydrogen-bond donors (Lipinski definition) is 2. The van der Waals surface area contributed by atoms with Crippen LogP contribution in [0.1, 0.15) is 58.9 Å². The second kappa shape index (κ2) is 11.4. The molecule has 7 heteroatoms. The quantitative estimate of drug-likeness (QED) is 0.252. The summed E-state index contributed by atoms with van der Waals surface area (Å²) in [5, 5.41) is 19.0. The number of carbonyl (C=O) groups is 2. The van der Waals surface area contributed by atoms with Gasteiger partial charge in [0, 0.05) is 11.8 Å². The molecule has 0 unspecified atom stereocenters. The Labute approximate surface area is 209 Å². The van der Waals surface area contributed by atoms with E-state index in [9.17, 15) is 19.8 Å². The Balaban J connectivity index is 1.66. The molecule has 0 saturated heterocycles. The van der Waals surface area contributed by atoms with Gasteiger partial charge in [-0.3, -0.25) is 4.98 Å². The molecule has 0 saturated carbocycles. The van der Waals surface area contributed by atoms with Gasteiger partial charge in [0.15, 0.2) is 0 Å². The summed E-state index contributed by atoms with van der Waals surface area (Å²) >= 11 is 0. The SMILES string of the molecule is CCCCCCc1ccc(-c2cccc(-c3cc(C(=O)O)cc(-c4cc(C(=O)O)ccn4)n3)n2)cc1. The maximum atomic E-state index is 11.8. The highest BCUT2D eigenvalue weighted by Crippen LogP contribution is 2.26. The van der Waals surface area contributed by atoms with E-state index >= 15 is 0 Å². The standard InChI is InChI=1S/C29H27N3O4/c1-2-3-4-5-7-19-10-12-20(13-11-19)23-8-6-9-24(31-23)26-17-22(29(35)36)18-27(32-26)25-16-21(28(33)34)14-15-30-25/h6,8-18H,2-5,7H2,1H3,(H,33,34)(H,35,36). The van der Waals surface area contributed by atoms with Crippen LogP contribution in [0.2, 0.25) is 0 Å². The fraction of sp³-hybridized carbons (Fsp3) is 0.207. The zero-order valence-corrected chi connectivity index (χ0v) is 20.0. The molecular formula is C29H27N3O4. The molecule has 0 spiro atoms. The van der Waals surface area contributed by atoms with Crippen molar-refractivity contribution in [2.24, 2.45) is 0 Å². The van der Waals surface area contributed by atoms with Gasteiger partial charge in [-0.2, -0.15) is 0 Å². The van der Waals surface area contributed by atoms with Crippen LogP contribution in [-0.2, 0) is 6.42 Å². The van der Waals surface area contributed by atoms with Gasteiger partial charge in [0.1, 0.15) is 0 Å². The first-order valence-corrected chi connectivity index (χ1v) is 12.0. The number of carboxylic acids is 2. The van der Waals surface area contributed by atoms with Gasteiger partial charge in [0.05, 0.1) is 39.6 Å². The maximum absolute atomic E-state index is 11.8. The summed E-state index contributed by atoms with van der Waals surface area (Å²) in [4.78, 5) is 36.7. The molecule has 0 amide bonds. The van der Waals surface area contributed by atoms with Crippen LogP contribution in [-0.4, -0.2) is 37.1 Å². The Morgan fingerprint density at radius 1 is 0.694 bits per heavy atom. The van der Waals surface area contributed by atoms with Gasteiger partial charge in [-0.15, -0.1) is 0 Å². The van der Waals surface area contributed by atoms with E-state index < -0.39 is 11.9 Å². The molecule has 4 aromatic rings. The Bertz CT molecular complexity index is 1380. The number of unbranched alkanes of at least 4 members (excludes halogenated alkanes) is 3. The van der Waals surface area contributed by atoms with E-state index in [1.807, 2.05) is 12.1 Å². The lowest BCUT2D eigenvalue weighted by atomic mass is 10.0. The van der Waals surface area contributed by atoms with E-state index in [0.717, 1.165) is 17.7 Å². The van der Waals surface area contributed by atoms with E-state index in [2.05, 4.69) is 41.2 Å². The summed E-state index contributed by atoms with van der Waals surface area (Å²) in [7, 11) is 0. The fourth-order valence-corrected chi connectivity index (χ4v) is 3.96. The van der Waals surface area contributed by atoms with Gasteiger partial charge in [-0.05, 0) is 54.8 Å². The summed E-state index contributed by atoms with van der Waals surface area (Å²) < 4.78 is 0. The van der Waals surface area contributed by atoms with Crippen LogP contribution in [0.3, 0.4) is 0 Å². The Morgan fingerprint density at radius 2 is 1.33 bits per heavy atom. The third-order valence-corrected chi connectivity index (χ3v) is 5.92. The molecule has 2 N–H and O–H groups in total. The highest BCUT2D eigenvalue weighted by atomic mass is 16.4. The summed E-state index contributed by atoms with van der Waals surface area (Å²) in [5.74, 6) is -2.23. The van der Waals surface area contributed by atoms with Crippen LogP contribution in [0, 0.1) is 0 Å². The predicted octanol–water partition coefficient (Wildman–Crippen LogP) is 6.39. The average molecular weight is 482 g/mol. The van der Waals surface area contributed by atoms with E-state index in [4.69, 9.17) is 4.98 Å². The summed E-state index contributed by atoms with van der Waals surface area (Å²) in [6.07, 6.45) is 7.31. The molecule has 4 rings (SSSR count). The van der Waals surface area contributed by atoms with Gasteiger partial charge in [0.2, 0.25) is 0 Å². The minimum atomic E-state index is -1.13. The molecule has 0 bridgehead atoms. The third-order valence-electron chi connectivity index (χ3n) is 5.92. The summed E-state index contributed by atoms with van der Waals surface area (Å²) in [6, 6.07) is 19.4. The summed E-state index contributed by atoms with van der Waals surface area (Å²) in [5.41, 5.74) is 4.45. The van der Waals surface area contributed by atoms with Crippen molar-refractivity contribution in [2.75, 3.05) is 0 Å². The number of carboxylic acid groups (broad SMARTS) is 2. The molecule has 1 aromatic carbocycles. The van der Waals surface area contributed by atoms with Crippen molar-refractivity contribution >= 4 is 11.9 Å². The molecule has 0 fully saturated rings. The van der Waals surface area contributed by atoms with Crippen LogP contribution in [0.15, 0.2) is 72.9 Å². The highest BCUT2D eigenvalue weighted by Gasteiger charge is 2.15. The first kappa shape index (κ1) is 24.7. The lowest BCUT2D eigenvalue weighted by Crippen LogP contribution is -2.02. The molecule has 0 radical (unpaired) electrons. The van der Waals surface area contributed by atoms with E-state index in [-0.39, 0.29) is 22.5 Å². The van der Waals surface area contributed by atoms with Crippen LogP contribution in [0.25, 0.3) is 34.0 Å². The minimum absolute atomic E-state index is 0.0113. The van der Waals surface area contributed by atoms with Gasteiger partial charge in [-0.1, -0.05) is 56.5 Å². The third kappa shape index (κ3) is 5.99. The molecule has 0 aliphatic heterocycles. The van der Waals surface area contributed by atoms with Crippen molar-refractivity contribution in [1.29, 1.82) is 0 Å². The van der Waals surface area contributed by atoms with Crippen molar-refractivity contribution in [3.8, 4) is 34.0 Å². The molecular weight excluding hydrogens is 454 g/mol. The number of rotatable bonds is 10. The monoisotopic (exact) mass is 481 g/mol. The lowest BCUT2D eigenvalue weighted by Gasteiger charge is -2.09. The zero-order chi connectivity index (χ0) is 25.5. The van der Waals surface area contributed by atoms with Crippen molar-refractivity contribution in [2.45, 2.75) is 39.0 Å². The Kier molecular flexibility index (Phi) is 7.80. The molecule has 36 heavy (non-hydrogen) atoms. The molecule has 182 valence electrons. The van der Waals surface area contributed by atoms with Crippen molar-refractivity contribution in [3.63, 3.8) is 0 Å². The fourth-order valence-electron chi connectivity index (χ4n) is 3.96. The predicted molar refractivity (Wildman–Crippen MR) is 138 cm³/mol. The summed E-state index contributed by atoms with van der Waals surface area (Å²) in [6.45, 7) is 2.21. The van der Waals surface area contributed by atoms with Crippen molar-refractivity contribution < 1.29 is 19.8 Å². The van der Waals surface area contributed by atoms with Gasteiger partial charge < -0.3 is 10.2 Å². The lowest BCUT2D eigenvalue weighted by molar-refractivity contribution is 0.0686. The number of hydrogen-bond acceptors (Lipinski definition) is 5. The zero-order valence-electron chi connectivity index (χ0n) is 20.0. The number of aromatic nitrogens is 3. The molecule has 0 atom stereocenters. The number of pyridine rings is 3. The van der Waals surface area contributed by atoms with Gasteiger partial charge >= 0.3 is 11.9 Å². The molecule has 7 nitrogen and oxygen atoms in total. The number of nitrogens with zero attached hydrogens (tertiary/aromatic N) is 3. The first-order valence-electron chi connectivity index (χ1n) is 12.0. The Hall–Kier alpha value is -4.39. The van der Waals surface area contributed by atoms with Crippen LogP contribution in [0.4, 0.5) is 0 Å². The Morgan fingerprint density at radius 3 is 2.03 bits per heavy atom. The first-order chi connectivity index (χ1) is 17.4. The number of aryl methyl sites for hydroxylation is 1. The highest BCUT2D eigenvalue weighted by molar-refractivity contribution is 5.91. The van der Waals surface area contributed by atoms with Crippen LogP contribution < -0.4 is 0 Å². The molecule has 0 aliphatic rings. The minimum Gasteiger partial charge on any atom is -0.478 e. The molecule has 3 heterocycles. The molecule has 3 aromatic heterocycles. The second-order valence-electron chi connectivity index (χ2n) is 8.58. The number of aromatic carboxylic acids is 2. The molecule has 0 aliphatic carbocycles. The smallest absolute Gasteiger partial charge is 0.335 e. The topological polar surface area (TPSA) is 113 Å². The van der Waals surface area contributed by atoms with E-state index in [1.54, 1.807) is 6.07 Å². The van der Waals surface area contributed by atoms with Gasteiger partial charge in [-0.25, -0.2) is 19.6 Å². The van der Waals surface area contributed by atoms with Gasteiger partial charge in [0.25, 0.3) is 0 Å². The number of benzene rings is 1. The normalized spacial score (nSPS) is 10.8.